The predicted octanol–water partition coefficient (Wildman–Crippen LogP) is 0.724. The van der Waals surface area contributed by atoms with Gasteiger partial charge in [-0.05, 0) is 13.3 Å². The number of ether oxygens (including phenoxy) is 1. The van der Waals surface area contributed by atoms with Crippen molar-refractivity contribution in [2.45, 2.75) is 18.9 Å². The van der Waals surface area contributed by atoms with E-state index in [1.54, 1.807) is 0 Å². The van der Waals surface area contributed by atoms with Gasteiger partial charge in [0.2, 0.25) is 0 Å². The minimum absolute atomic E-state index is 0.00479. The van der Waals surface area contributed by atoms with E-state index in [9.17, 15) is 4.39 Å². The molecule has 0 atom stereocenters. The molecule has 0 unspecified atom stereocenters. The van der Waals surface area contributed by atoms with Gasteiger partial charge in [0.05, 0.1) is 12.3 Å². The van der Waals surface area contributed by atoms with E-state index in [2.05, 4.69) is 5.32 Å². The first-order chi connectivity index (χ1) is 4.77. The highest BCUT2D eigenvalue weighted by Crippen LogP contribution is 2.14. The Kier molecular flexibility index (Phi) is 2.63. The third-order valence-electron chi connectivity index (χ3n) is 1.73. The van der Waals surface area contributed by atoms with Crippen molar-refractivity contribution < 1.29 is 9.13 Å². The number of hydrogen-bond donors (Lipinski definition) is 1. The fraction of sp³-hybridized carbons (Fsp3) is 1.00. The molecule has 1 rings (SSSR count). The maximum atomic E-state index is 11.6. The summed E-state index contributed by atoms with van der Waals surface area (Å²) in [6, 6.07) is 0. The smallest absolute Gasteiger partial charge is 0.0916 e. The van der Waals surface area contributed by atoms with Gasteiger partial charge < -0.3 is 10.1 Å². The maximum Gasteiger partial charge on any atom is 0.0916 e. The summed E-state index contributed by atoms with van der Waals surface area (Å²) in [5.74, 6) is 0. The Balaban J connectivity index is 2.01. The fourth-order valence-corrected chi connectivity index (χ4v) is 0.952. The van der Waals surface area contributed by atoms with Gasteiger partial charge in [-0.3, -0.25) is 4.39 Å². The quantitative estimate of drug-likeness (QED) is 0.592. The van der Waals surface area contributed by atoms with E-state index < -0.39 is 0 Å². The van der Waals surface area contributed by atoms with Gasteiger partial charge in [0, 0.05) is 19.7 Å². The van der Waals surface area contributed by atoms with Crippen molar-refractivity contribution in [3.63, 3.8) is 0 Å². The van der Waals surface area contributed by atoms with E-state index in [1.807, 2.05) is 6.92 Å². The van der Waals surface area contributed by atoms with Crippen molar-refractivity contribution >= 4 is 0 Å². The lowest BCUT2D eigenvalue weighted by Gasteiger charge is -2.39. The molecule has 10 heavy (non-hydrogen) atoms. The van der Waals surface area contributed by atoms with Gasteiger partial charge >= 0.3 is 0 Å². The lowest BCUT2D eigenvalue weighted by Crippen LogP contribution is -2.59. The third-order valence-corrected chi connectivity index (χ3v) is 1.73. The zero-order chi connectivity index (χ0) is 7.45. The fourth-order valence-electron chi connectivity index (χ4n) is 0.952. The molecular weight excluding hydrogens is 133 g/mol. The highest BCUT2D eigenvalue weighted by atomic mass is 19.1. The average molecular weight is 147 g/mol. The van der Waals surface area contributed by atoms with Crippen LogP contribution >= 0.6 is 0 Å². The molecule has 0 spiro atoms. The molecule has 1 saturated heterocycles. The first-order valence-electron chi connectivity index (χ1n) is 3.67. The van der Waals surface area contributed by atoms with E-state index in [4.69, 9.17) is 4.74 Å². The molecule has 2 nitrogen and oxygen atoms in total. The molecule has 1 fully saturated rings. The van der Waals surface area contributed by atoms with Gasteiger partial charge in [-0.25, -0.2) is 0 Å². The molecule has 0 saturated carbocycles. The summed E-state index contributed by atoms with van der Waals surface area (Å²) in [5.41, 5.74) is -0.00479. The topological polar surface area (TPSA) is 21.3 Å². The van der Waals surface area contributed by atoms with E-state index in [0.717, 1.165) is 13.1 Å². The summed E-state index contributed by atoms with van der Waals surface area (Å²) in [5, 5.41) is 3.11. The highest BCUT2D eigenvalue weighted by molar-refractivity contribution is 4.89. The van der Waals surface area contributed by atoms with Gasteiger partial charge in [-0.2, -0.15) is 0 Å². The van der Waals surface area contributed by atoms with Crippen LogP contribution in [0, 0.1) is 0 Å². The Morgan fingerprint density at radius 2 is 2.30 bits per heavy atom. The van der Waals surface area contributed by atoms with Gasteiger partial charge in [-0.15, -0.1) is 0 Å². The summed E-state index contributed by atoms with van der Waals surface area (Å²) in [6.45, 7) is 4.12. The van der Waals surface area contributed by atoms with Gasteiger partial charge in [0.25, 0.3) is 0 Å². The zero-order valence-electron chi connectivity index (χ0n) is 6.32. The Labute approximate surface area is 60.8 Å². The van der Waals surface area contributed by atoms with Crippen LogP contribution in [0.15, 0.2) is 0 Å². The maximum absolute atomic E-state index is 11.6. The van der Waals surface area contributed by atoms with Crippen LogP contribution in [0.3, 0.4) is 0 Å². The molecular formula is C7H14FNO. The Morgan fingerprint density at radius 3 is 2.70 bits per heavy atom. The molecule has 1 N–H and O–H groups in total. The van der Waals surface area contributed by atoms with E-state index in [-0.39, 0.29) is 12.3 Å². The van der Waals surface area contributed by atoms with Crippen molar-refractivity contribution in [3.8, 4) is 0 Å². The molecule has 0 amide bonds. The van der Waals surface area contributed by atoms with E-state index in [1.165, 1.54) is 0 Å². The number of alkyl halides is 1. The SMILES string of the molecule is CC1(OCCCF)CNC1. The predicted molar refractivity (Wildman–Crippen MR) is 37.8 cm³/mol. The van der Waals surface area contributed by atoms with Crippen molar-refractivity contribution in [1.29, 1.82) is 0 Å². The largest absolute Gasteiger partial charge is 0.373 e. The van der Waals surface area contributed by atoms with Crippen molar-refractivity contribution in [3.05, 3.63) is 0 Å². The van der Waals surface area contributed by atoms with Crippen LogP contribution in [0.25, 0.3) is 0 Å². The molecule has 1 aliphatic rings. The summed E-state index contributed by atoms with van der Waals surface area (Å²) >= 11 is 0. The van der Waals surface area contributed by atoms with Crippen LogP contribution in [0.4, 0.5) is 4.39 Å². The second-order valence-corrected chi connectivity index (χ2v) is 2.94. The van der Waals surface area contributed by atoms with Crippen LogP contribution in [0.2, 0.25) is 0 Å². The lowest BCUT2D eigenvalue weighted by molar-refractivity contribution is -0.0682. The van der Waals surface area contributed by atoms with E-state index in [0.29, 0.717) is 13.0 Å². The van der Waals surface area contributed by atoms with Crippen LogP contribution in [0.5, 0.6) is 0 Å². The van der Waals surface area contributed by atoms with Crippen LogP contribution in [0.1, 0.15) is 13.3 Å². The number of halogens is 1. The molecule has 0 radical (unpaired) electrons. The van der Waals surface area contributed by atoms with Crippen molar-refractivity contribution in [2.75, 3.05) is 26.4 Å². The standard InChI is InChI=1S/C7H14FNO/c1-7(5-9-6-7)10-4-2-3-8/h9H,2-6H2,1H3. The third kappa shape index (κ3) is 1.92. The van der Waals surface area contributed by atoms with Gasteiger partial charge in [0.1, 0.15) is 0 Å². The van der Waals surface area contributed by atoms with Crippen LogP contribution in [-0.2, 0) is 4.74 Å². The molecule has 1 heterocycles. The second-order valence-electron chi connectivity index (χ2n) is 2.94. The Morgan fingerprint density at radius 1 is 1.60 bits per heavy atom. The number of rotatable bonds is 4. The minimum Gasteiger partial charge on any atom is -0.373 e. The first-order valence-corrected chi connectivity index (χ1v) is 3.67. The second kappa shape index (κ2) is 3.30. The lowest BCUT2D eigenvalue weighted by atomic mass is 10.0. The minimum atomic E-state index is -0.274. The van der Waals surface area contributed by atoms with Crippen molar-refractivity contribution in [2.24, 2.45) is 0 Å². The Hall–Kier alpha value is -0.150. The zero-order valence-corrected chi connectivity index (χ0v) is 6.32. The van der Waals surface area contributed by atoms with E-state index >= 15 is 0 Å². The van der Waals surface area contributed by atoms with Gasteiger partial charge in [-0.1, -0.05) is 0 Å². The summed E-state index contributed by atoms with van der Waals surface area (Å²) in [6.07, 6.45) is 0.523. The summed E-state index contributed by atoms with van der Waals surface area (Å²) in [4.78, 5) is 0. The van der Waals surface area contributed by atoms with Gasteiger partial charge in [0.15, 0.2) is 0 Å². The summed E-state index contributed by atoms with van der Waals surface area (Å²) in [7, 11) is 0. The average Bonchev–Trinajstić information content (AvgIpc) is 1.85. The molecule has 0 aromatic heterocycles. The van der Waals surface area contributed by atoms with Crippen LogP contribution in [-0.4, -0.2) is 32.0 Å². The van der Waals surface area contributed by atoms with Crippen molar-refractivity contribution in [1.82, 2.24) is 5.32 Å². The molecule has 0 aliphatic carbocycles. The molecule has 0 aromatic rings. The normalized spacial score (nSPS) is 22.2. The monoisotopic (exact) mass is 147 g/mol. The molecule has 1 aliphatic heterocycles. The number of hydrogen-bond acceptors (Lipinski definition) is 2. The molecule has 0 aromatic carbocycles. The van der Waals surface area contributed by atoms with Crippen LogP contribution < -0.4 is 5.32 Å². The Bertz CT molecular complexity index is 104. The molecule has 0 bridgehead atoms. The highest BCUT2D eigenvalue weighted by Gasteiger charge is 2.31. The number of nitrogens with one attached hydrogen (secondary N) is 1. The molecule has 60 valence electrons. The first kappa shape index (κ1) is 7.95. The molecule has 3 heteroatoms. The summed E-state index contributed by atoms with van der Waals surface area (Å²) < 4.78 is 17.0.